The van der Waals surface area contributed by atoms with Crippen LogP contribution < -0.4 is 0 Å². The van der Waals surface area contributed by atoms with Gasteiger partial charge in [-0.05, 0) is 73.2 Å². The zero-order valence-corrected chi connectivity index (χ0v) is 14.7. The molecule has 0 saturated carbocycles. The van der Waals surface area contributed by atoms with E-state index in [4.69, 9.17) is 9.31 Å². The van der Waals surface area contributed by atoms with Crippen LogP contribution in [0.25, 0.3) is 0 Å². The second-order valence-electron chi connectivity index (χ2n) is 7.48. The van der Waals surface area contributed by atoms with Crippen LogP contribution in [-0.2, 0) is 9.31 Å². The minimum absolute atomic E-state index is 0.300. The third kappa shape index (κ3) is 5.28. The minimum atomic E-state index is -0.580. The Morgan fingerprint density at radius 2 is 1.67 bits per heavy atom. The van der Waals surface area contributed by atoms with E-state index in [-0.39, 0.29) is 18.3 Å². The largest absolute Gasteiger partial charge is 0.494 e. The van der Waals surface area contributed by atoms with Gasteiger partial charge in [0.15, 0.2) is 0 Å². The summed E-state index contributed by atoms with van der Waals surface area (Å²) in [7, 11) is -0.300. The van der Waals surface area contributed by atoms with Crippen LogP contribution in [0.2, 0.25) is 0 Å². The molecule has 1 saturated heterocycles. The SMILES string of the molecule is C/C=C(\C=C/CCCC(C)(C)O)B1OC(C)(C)C(C)(C)O1. The third-order valence-corrected chi connectivity index (χ3v) is 4.33. The molecule has 0 aromatic rings. The Bertz CT molecular complexity index is 387. The van der Waals surface area contributed by atoms with E-state index in [2.05, 4.69) is 39.8 Å². The van der Waals surface area contributed by atoms with Crippen molar-refractivity contribution in [3.63, 3.8) is 0 Å². The summed E-state index contributed by atoms with van der Waals surface area (Å²) in [5.74, 6) is 0. The Hall–Kier alpha value is -0.575. The maximum atomic E-state index is 9.68. The van der Waals surface area contributed by atoms with Crippen molar-refractivity contribution in [2.75, 3.05) is 0 Å². The fourth-order valence-electron chi connectivity index (χ4n) is 2.16. The fraction of sp³-hybridized carbons (Fsp3) is 0.765. The highest BCUT2D eigenvalue weighted by molar-refractivity contribution is 6.55. The minimum Gasteiger partial charge on any atom is -0.399 e. The summed E-state index contributed by atoms with van der Waals surface area (Å²) < 4.78 is 12.1. The van der Waals surface area contributed by atoms with Gasteiger partial charge in [0.05, 0.1) is 16.8 Å². The van der Waals surface area contributed by atoms with Gasteiger partial charge in [-0.1, -0.05) is 18.2 Å². The van der Waals surface area contributed by atoms with Crippen LogP contribution >= 0.6 is 0 Å². The lowest BCUT2D eigenvalue weighted by atomic mass is 9.77. The number of allylic oxidation sites excluding steroid dienone is 4. The predicted molar refractivity (Wildman–Crippen MR) is 89.1 cm³/mol. The molecule has 1 rings (SSSR count). The van der Waals surface area contributed by atoms with Crippen LogP contribution in [0.4, 0.5) is 0 Å². The van der Waals surface area contributed by atoms with E-state index < -0.39 is 5.60 Å². The molecule has 0 aromatic carbocycles. The highest BCUT2D eigenvalue weighted by atomic mass is 16.7. The van der Waals surface area contributed by atoms with Crippen LogP contribution in [0.15, 0.2) is 23.7 Å². The predicted octanol–water partition coefficient (Wildman–Crippen LogP) is 4.06. The molecule has 0 radical (unpaired) electrons. The Labute approximate surface area is 130 Å². The number of unbranched alkanes of at least 4 members (excludes halogenated alkanes) is 1. The van der Waals surface area contributed by atoms with Gasteiger partial charge >= 0.3 is 7.12 Å². The molecule has 1 aliphatic rings. The van der Waals surface area contributed by atoms with E-state index >= 15 is 0 Å². The molecule has 120 valence electrons. The van der Waals surface area contributed by atoms with Gasteiger partial charge in [-0.2, -0.15) is 0 Å². The average molecular weight is 294 g/mol. The van der Waals surface area contributed by atoms with Gasteiger partial charge in [-0.15, -0.1) is 0 Å². The monoisotopic (exact) mass is 294 g/mol. The molecule has 0 spiro atoms. The van der Waals surface area contributed by atoms with Crippen LogP contribution in [0, 0.1) is 0 Å². The second kappa shape index (κ2) is 6.68. The lowest BCUT2D eigenvalue weighted by Crippen LogP contribution is -2.41. The maximum absolute atomic E-state index is 9.68. The van der Waals surface area contributed by atoms with Crippen molar-refractivity contribution in [2.24, 2.45) is 0 Å². The molecule has 1 N–H and O–H groups in total. The van der Waals surface area contributed by atoms with Crippen molar-refractivity contribution in [1.29, 1.82) is 0 Å². The molecule has 0 bridgehead atoms. The van der Waals surface area contributed by atoms with Crippen molar-refractivity contribution in [3.8, 4) is 0 Å². The number of hydrogen-bond donors (Lipinski definition) is 1. The van der Waals surface area contributed by atoms with Crippen molar-refractivity contribution >= 4 is 7.12 Å². The van der Waals surface area contributed by atoms with Crippen molar-refractivity contribution in [3.05, 3.63) is 23.7 Å². The van der Waals surface area contributed by atoms with Crippen LogP contribution in [-0.4, -0.2) is 29.0 Å². The van der Waals surface area contributed by atoms with Gasteiger partial charge < -0.3 is 14.4 Å². The first-order chi connectivity index (χ1) is 9.48. The molecule has 0 aromatic heterocycles. The number of aliphatic hydroxyl groups is 1. The number of rotatable bonds is 6. The van der Waals surface area contributed by atoms with E-state index in [1.807, 2.05) is 26.8 Å². The summed E-state index contributed by atoms with van der Waals surface area (Å²) in [6, 6.07) is 0. The molecule has 21 heavy (non-hydrogen) atoms. The standard InChI is InChI=1S/C17H31BO3/c1-8-14(12-10-9-11-13-15(2,3)19)18-20-16(4,5)17(6,7)21-18/h8,10,12,19H,9,11,13H2,1-7H3/b12-10-,14-8+. The van der Waals surface area contributed by atoms with E-state index in [1.54, 1.807) is 0 Å². The smallest absolute Gasteiger partial charge is 0.399 e. The molecule has 0 unspecified atom stereocenters. The molecular weight excluding hydrogens is 263 g/mol. The van der Waals surface area contributed by atoms with Gasteiger partial charge in [0.25, 0.3) is 0 Å². The normalized spacial score (nSPS) is 22.3. The lowest BCUT2D eigenvalue weighted by molar-refractivity contribution is 0.00578. The first-order valence-electron chi connectivity index (χ1n) is 7.89. The zero-order chi connectivity index (χ0) is 16.3. The zero-order valence-electron chi connectivity index (χ0n) is 14.7. The highest BCUT2D eigenvalue weighted by Gasteiger charge is 2.51. The molecule has 4 heteroatoms. The quantitative estimate of drug-likeness (QED) is 0.456. The molecule has 1 heterocycles. The van der Waals surface area contributed by atoms with E-state index in [9.17, 15) is 5.11 Å². The maximum Gasteiger partial charge on any atom is 0.494 e. The van der Waals surface area contributed by atoms with Gasteiger partial charge in [0.1, 0.15) is 0 Å². The topological polar surface area (TPSA) is 38.7 Å². The summed E-state index contributed by atoms with van der Waals surface area (Å²) in [4.78, 5) is 0. The fourth-order valence-corrected chi connectivity index (χ4v) is 2.16. The molecule has 0 atom stereocenters. The highest BCUT2D eigenvalue weighted by Crippen LogP contribution is 2.38. The van der Waals surface area contributed by atoms with Crippen LogP contribution in [0.3, 0.4) is 0 Å². The molecule has 0 aliphatic carbocycles. The second-order valence-corrected chi connectivity index (χ2v) is 7.48. The Morgan fingerprint density at radius 3 is 2.10 bits per heavy atom. The van der Waals surface area contributed by atoms with Crippen molar-refractivity contribution in [1.82, 2.24) is 0 Å². The third-order valence-electron chi connectivity index (χ3n) is 4.33. The average Bonchev–Trinajstić information content (AvgIpc) is 2.51. The number of hydrogen-bond acceptors (Lipinski definition) is 3. The molecule has 1 aliphatic heterocycles. The summed E-state index contributed by atoms with van der Waals surface area (Å²) in [6.07, 6.45) is 8.97. The Balaban J connectivity index is 2.54. The summed E-state index contributed by atoms with van der Waals surface area (Å²) in [5, 5.41) is 9.68. The molecule has 1 fully saturated rings. The van der Waals surface area contributed by atoms with Crippen molar-refractivity contribution < 1.29 is 14.4 Å². The van der Waals surface area contributed by atoms with Crippen LogP contribution in [0.5, 0.6) is 0 Å². The summed E-state index contributed by atoms with van der Waals surface area (Å²) in [5.41, 5.74) is -0.137. The summed E-state index contributed by atoms with van der Waals surface area (Å²) >= 11 is 0. The Kier molecular flexibility index (Phi) is 5.87. The van der Waals surface area contributed by atoms with Gasteiger partial charge in [0.2, 0.25) is 0 Å². The van der Waals surface area contributed by atoms with E-state index in [1.165, 1.54) is 0 Å². The lowest BCUT2D eigenvalue weighted by Gasteiger charge is -2.32. The van der Waals surface area contributed by atoms with Gasteiger partial charge in [-0.3, -0.25) is 0 Å². The van der Waals surface area contributed by atoms with Crippen LogP contribution in [0.1, 0.15) is 67.7 Å². The first kappa shape index (κ1) is 18.5. The van der Waals surface area contributed by atoms with E-state index in [0.717, 1.165) is 24.7 Å². The van der Waals surface area contributed by atoms with E-state index in [0.29, 0.717) is 0 Å². The molecular formula is C17H31BO3. The van der Waals surface area contributed by atoms with Gasteiger partial charge in [0, 0.05) is 0 Å². The molecule has 3 nitrogen and oxygen atoms in total. The van der Waals surface area contributed by atoms with Crippen molar-refractivity contribution in [2.45, 2.75) is 84.5 Å². The molecule has 0 amide bonds. The van der Waals surface area contributed by atoms with Gasteiger partial charge in [-0.25, -0.2) is 0 Å². The summed E-state index contributed by atoms with van der Waals surface area (Å²) in [6.45, 7) is 13.9. The first-order valence-corrected chi connectivity index (χ1v) is 7.89. The Morgan fingerprint density at radius 1 is 1.14 bits per heavy atom.